The van der Waals surface area contributed by atoms with Gasteiger partial charge in [0.1, 0.15) is 10.8 Å². The van der Waals surface area contributed by atoms with Gasteiger partial charge in [0.2, 0.25) is 0 Å². The largest absolute Gasteiger partial charge is 0.325 e. The molecule has 0 atom stereocenters. The Morgan fingerprint density at radius 2 is 1.79 bits per heavy atom. The van der Waals surface area contributed by atoms with Crippen molar-refractivity contribution in [2.24, 2.45) is 5.73 Å². The number of pyridine rings is 1. The Morgan fingerprint density at radius 3 is 2.47 bits per heavy atom. The van der Waals surface area contributed by atoms with Crippen molar-refractivity contribution in [3.8, 4) is 11.3 Å². The Balaban J connectivity index is 2.29. The molecular formula is C14H11Cl2N3. The monoisotopic (exact) mass is 291 g/mol. The summed E-state index contributed by atoms with van der Waals surface area (Å²) in [5.41, 5.74) is 9.35. The highest BCUT2D eigenvalue weighted by molar-refractivity contribution is 6.30. The average Bonchev–Trinajstić information content (AvgIpc) is 2.79. The minimum Gasteiger partial charge on any atom is -0.325 e. The third kappa shape index (κ3) is 2.10. The zero-order valence-corrected chi connectivity index (χ0v) is 11.5. The van der Waals surface area contributed by atoms with E-state index in [9.17, 15) is 0 Å². The second kappa shape index (κ2) is 4.85. The standard InChI is InChI=1S/C14H11Cl2N3/c15-10-6-4-9(5-7-10)14-11(8-17)19-12(16)2-1-3-13(19)18-14/h1-7H,8,17H2. The molecule has 0 aliphatic carbocycles. The molecule has 0 aliphatic heterocycles. The van der Waals surface area contributed by atoms with Crippen LogP contribution in [0.3, 0.4) is 0 Å². The predicted octanol–water partition coefficient (Wildman–Crippen LogP) is 3.77. The molecular weight excluding hydrogens is 281 g/mol. The van der Waals surface area contributed by atoms with E-state index in [1.165, 1.54) is 0 Å². The minimum atomic E-state index is 0.364. The van der Waals surface area contributed by atoms with Gasteiger partial charge >= 0.3 is 0 Å². The maximum Gasteiger partial charge on any atom is 0.138 e. The molecule has 2 N–H and O–H groups in total. The molecule has 0 radical (unpaired) electrons. The lowest BCUT2D eigenvalue weighted by molar-refractivity contribution is 0.962. The summed E-state index contributed by atoms with van der Waals surface area (Å²) in [5.74, 6) is 0. The van der Waals surface area contributed by atoms with E-state index in [0.717, 1.165) is 22.6 Å². The maximum atomic E-state index is 6.21. The van der Waals surface area contributed by atoms with E-state index in [1.54, 1.807) is 0 Å². The van der Waals surface area contributed by atoms with Crippen LogP contribution >= 0.6 is 23.2 Å². The molecule has 0 aliphatic rings. The molecule has 0 bridgehead atoms. The second-order valence-electron chi connectivity index (χ2n) is 4.16. The van der Waals surface area contributed by atoms with Crippen LogP contribution in [-0.2, 0) is 6.54 Å². The van der Waals surface area contributed by atoms with Crippen LogP contribution in [0.5, 0.6) is 0 Å². The van der Waals surface area contributed by atoms with Gasteiger partial charge in [-0.05, 0) is 24.3 Å². The molecule has 3 rings (SSSR count). The number of nitrogens with two attached hydrogens (primary N) is 1. The van der Waals surface area contributed by atoms with Crippen LogP contribution in [0.2, 0.25) is 10.2 Å². The zero-order valence-electron chi connectivity index (χ0n) is 9.98. The van der Waals surface area contributed by atoms with Crippen molar-refractivity contribution >= 4 is 28.8 Å². The molecule has 3 aromatic rings. The zero-order chi connectivity index (χ0) is 13.4. The second-order valence-corrected chi connectivity index (χ2v) is 4.98. The number of fused-ring (bicyclic) bond motifs is 1. The van der Waals surface area contributed by atoms with E-state index < -0.39 is 0 Å². The molecule has 1 aromatic carbocycles. The molecule has 2 aromatic heterocycles. The number of halogens is 2. The van der Waals surface area contributed by atoms with Gasteiger partial charge in [-0.3, -0.25) is 4.40 Å². The van der Waals surface area contributed by atoms with Crippen LogP contribution in [0.1, 0.15) is 5.69 Å². The summed E-state index contributed by atoms with van der Waals surface area (Å²) in [6.45, 7) is 0.364. The first-order valence-corrected chi connectivity index (χ1v) is 6.58. The van der Waals surface area contributed by atoms with Crippen LogP contribution in [0, 0.1) is 0 Å². The van der Waals surface area contributed by atoms with E-state index in [2.05, 4.69) is 4.98 Å². The van der Waals surface area contributed by atoms with E-state index in [1.807, 2.05) is 46.9 Å². The summed E-state index contributed by atoms with van der Waals surface area (Å²) < 4.78 is 1.87. The van der Waals surface area contributed by atoms with Crippen molar-refractivity contribution in [2.45, 2.75) is 6.54 Å². The van der Waals surface area contributed by atoms with Crippen LogP contribution in [-0.4, -0.2) is 9.38 Å². The molecule has 5 heteroatoms. The summed E-state index contributed by atoms with van der Waals surface area (Å²) >= 11 is 12.1. The molecule has 0 fully saturated rings. The lowest BCUT2D eigenvalue weighted by Gasteiger charge is -2.04. The van der Waals surface area contributed by atoms with E-state index in [0.29, 0.717) is 16.7 Å². The highest BCUT2D eigenvalue weighted by atomic mass is 35.5. The summed E-state index contributed by atoms with van der Waals surface area (Å²) in [7, 11) is 0. The van der Waals surface area contributed by atoms with Gasteiger partial charge in [0.15, 0.2) is 0 Å². The van der Waals surface area contributed by atoms with Crippen molar-refractivity contribution in [2.75, 3.05) is 0 Å². The summed E-state index contributed by atoms with van der Waals surface area (Å²) in [6, 6.07) is 13.1. The van der Waals surface area contributed by atoms with Crippen LogP contribution < -0.4 is 5.73 Å². The van der Waals surface area contributed by atoms with E-state index in [4.69, 9.17) is 28.9 Å². The van der Waals surface area contributed by atoms with Gasteiger partial charge in [-0.2, -0.15) is 0 Å². The molecule has 19 heavy (non-hydrogen) atoms. The van der Waals surface area contributed by atoms with Crippen molar-refractivity contribution < 1.29 is 0 Å². The third-order valence-corrected chi connectivity index (χ3v) is 3.55. The topological polar surface area (TPSA) is 43.3 Å². The van der Waals surface area contributed by atoms with Crippen molar-refractivity contribution in [3.05, 3.63) is 58.3 Å². The van der Waals surface area contributed by atoms with Crippen LogP contribution in [0.4, 0.5) is 0 Å². The summed E-state index contributed by atoms with van der Waals surface area (Å²) in [5, 5.41) is 1.30. The highest BCUT2D eigenvalue weighted by Gasteiger charge is 2.14. The number of nitrogens with zero attached hydrogens (tertiary/aromatic N) is 2. The van der Waals surface area contributed by atoms with Gasteiger partial charge in [0.25, 0.3) is 0 Å². The quantitative estimate of drug-likeness (QED) is 0.731. The first-order valence-electron chi connectivity index (χ1n) is 5.82. The number of rotatable bonds is 2. The fraction of sp³-hybridized carbons (Fsp3) is 0.0714. The predicted molar refractivity (Wildman–Crippen MR) is 78.5 cm³/mol. The smallest absolute Gasteiger partial charge is 0.138 e. The fourth-order valence-corrected chi connectivity index (χ4v) is 2.53. The van der Waals surface area contributed by atoms with E-state index >= 15 is 0 Å². The SMILES string of the molecule is NCc1c(-c2ccc(Cl)cc2)nc2cccc(Cl)n12. The van der Waals surface area contributed by atoms with Crippen molar-refractivity contribution in [1.82, 2.24) is 9.38 Å². The maximum absolute atomic E-state index is 6.21. The Kier molecular flexibility index (Phi) is 3.19. The molecule has 0 unspecified atom stereocenters. The van der Waals surface area contributed by atoms with Crippen molar-refractivity contribution in [1.29, 1.82) is 0 Å². The summed E-state index contributed by atoms with van der Waals surface area (Å²) in [4.78, 5) is 4.60. The lowest BCUT2D eigenvalue weighted by atomic mass is 10.1. The Morgan fingerprint density at radius 1 is 1.05 bits per heavy atom. The molecule has 0 saturated heterocycles. The Bertz CT molecular complexity index is 732. The lowest BCUT2D eigenvalue weighted by Crippen LogP contribution is -2.03. The van der Waals surface area contributed by atoms with Gasteiger partial charge in [0, 0.05) is 17.1 Å². The highest BCUT2D eigenvalue weighted by Crippen LogP contribution is 2.27. The van der Waals surface area contributed by atoms with Gasteiger partial charge in [-0.1, -0.05) is 41.4 Å². The molecule has 2 heterocycles. The molecule has 0 spiro atoms. The number of hydrogen-bond acceptors (Lipinski definition) is 2. The number of hydrogen-bond donors (Lipinski definition) is 1. The first-order chi connectivity index (χ1) is 9.20. The fourth-order valence-electron chi connectivity index (χ4n) is 2.14. The Hall–Kier alpha value is -1.55. The molecule has 96 valence electrons. The summed E-state index contributed by atoms with van der Waals surface area (Å²) in [6.07, 6.45) is 0. The third-order valence-electron chi connectivity index (χ3n) is 3.00. The number of aromatic nitrogens is 2. The Labute approximate surface area is 120 Å². The molecule has 0 amide bonds. The van der Waals surface area contributed by atoms with Crippen LogP contribution in [0.15, 0.2) is 42.5 Å². The van der Waals surface area contributed by atoms with Crippen LogP contribution in [0.25, 0.3) is 16.9 Å². The number of benzene rings is 1. The first kappa shape index (κ1) is 12.5. The normalized spacial score (nSPS) is 11.1. The van der Waals surface area contributed by atoms with Gasteiger partial charge in [-0.25, -0.2) is 4.98 Å². The van der Waals surface area contributed by atoms with Gasteiger partial charge in [0.05, 0.1) is 11.4 Å². The van der Waals surface area contributed by atoms with Crippen molar-refractivity contribution in [3.63, 3.8) is 0 Å². The molecule has 0 saturated carbocycles. The van der Waals surface area contributed by atoms with Gasteiger partial charge < -0.3 is 5.73 Å². The molecule has 3 nitrogen and oxygen atoms in total. The minimum absolute atomic E-state index is 0.364. The van der Waals surface area contributed by atoms with Gasteiger partial charge in [-0.15, -0.1) is 0 Å². The average molecular weight is 292 g/mol. The van der Waals surface area contributed by atoms with E-state index in [-0.39, 0.29) is 0 Å². The number of imidazole rings is 1.